The maximum atomic E-state index is 12.2. The van der Waals surface area contributed by atoms with Gasteiger partial charge in [0.15, 0.2) is 0 Å². The second-order valence-corrected chi connectivity index (χ2v) is 5.00. The van der Waals surface area contributed by atoms with Crippen LogP contribution in [0, 0.1) is 0 Å². The standard InChI is InChI=1S/C17H18N2O/c20-17(18-12-10-14-6-2-1-3-7-14)19-13-11-15-8-4-5-9-16(15)19/h1-9H,10-13H2,(H,18,20). The van der Waals surface area contributed by atoms with Crippen molar-refractivity contribution in [3.63, 3.8) is 0 Å². The highest BCUT2D eigenvalue weighted by atomic mass is 16.2. The topological polar surface area (TPSA) is 32.3 Å². The van der Waals surface area contributed by atoms with Crippen molar-refractivity contribution >= 4 is 11.7 Å². The normalized spacial score (nSPS) is 13.1. The van der Waals surface area contributed by atoms with Gasteiger partial charge in [-0.05, 0) is 30.0 Å². The molecule has 0 atom stereocenters. The van der Waals surface area contributed by atoms with E-state index in [1.807, 2.05) is 41.3 Å². The minimum Gasteiger partial charge on any atom is -0.337 e. The number of rotatable bonds is 3. The van der Waals surface area contributed by atoms with E-state index in [0.29, 0.717) is 6.54 Å². The molecule has 0 aromatic heterocycles. The molecule has 3 nitrogen and oxygen atoms in total. The van der Waals surface area contributed by atoms with Gasteiger partial charge in [0, 0.05) is 18.8 Å². The summed E-state index contributed by atoms with van der Waals surface area (Å²) in [4.78, 5) is 14.0. The predicted molar refractivity (Wildman–Crippen MR) is 81.0 cm³/mol. The SMILES string of the molecule is O=C(NCCc1ccccc1)N1CCc2ccccc21. The minimum atomic E-state index is 0.00545. The lowest BCUT2D eigenvalue weighted by molar-refractivity contribution is 0.247. The Labute approximate surface area is 119 Å². The second-order valence-electron chi connectivity index (χ2n) is 5.00. The van der Waals surface area contributed by atoms with Crippen molar-refractivity contribution in [1.82, 2.24) is 5.32 Å². The molecule has 2 amide bonds. The number of carbonyl (C=O) groups excluding carboxylic acids is 1. The quantitative estimate of drug-likeness (QED) is 0.910. The van der Waals surface area contributed by atoms with Crippen LogP contribution in [0.3, 0.4) is 0 Å². The molecule has 0 fully saturated rings. The monoisotopic (exact) mass is 266 g/mol. The molecular formula is C17H18N2O. The average Bonchev–Trinajstić information content (AvgIpc) is 2.92. The number of carbonyl (C=O) groups is 1. The molecule has 0 spiro atoms. The lowest BCUT2D eigenvalue weighted by atomic mass is 10.1. The molecule has 102 valence electrons. The molecule has 0 radical (unpaired) electrons. The van der Waals surface area contributed by atoms with Crippen LogP contribution >= 0.6 is 0 Å². The Morgan fingerprint density at radius 1 is 1.05 bits per heavy atom. The van der Waals surface area contributed by atoms with Gasteiger partial charge in [-0.3, -0.25) is 4.90 Å². The lowest BCUT2D eigenvalue weighted by Gasteiger charge is -2.18. The van der Waals surface area contributed by atoms with E-state index >= 15 is 0 Å². The van der Waals surface area contributed by atoms with E-state index in [-0.39, 0.29) is 6.03 Å². The highest BCUT2D eigenvalue weighted by Gasteiger charge is 2.23. The summed E-state index contributed by atoms with van der Waals surface area (Å²) in [5, 5.41) is 3.00. The van der Waals surface area contributed by atoms with E-state index in [1.54, 1.807) is 0 Å². The van der Waals surface area contributed by atoms with Gasteiger partial charge >= 0.3 is 6.03 Å². The third kappa shape index (κ3) is 2.67. The van der Waals surface area contributed by atoms with Crippen molar-refractivity contribution in [3.8, 4) is 0 Å². The fourth-order valence-corrected chi connectivity index (χ4v) is 2.60. The second kappa shape index (κ2) is 5.78. The summed E-state index contributed by atoms with van der Waals surface area (Å²) in [6, 6.07) is 18.3. The van der Waals surface area contributed by atoms with Gasteiger partial charge in [-0.15, -0.1) is 0 Å². The van der Waals surface area contributed by atoms with E-state index in [9.17, 15) is 4.79 Å². The van der Waals surface area contributed by atoms with Gasteiger partial charge in [0.25, 0.3) is 0 Å². The summed E-state index contributed by atoms with van der Waals surface area (Å²) in [6.07, 6.45) is 1.81. The molecule has 20 heavy (non-hydrogen) atoms. The van der Waals surface area contributed by atoms with Crippen LogP contribution in [0.5, 0.6) is 0 Å². The summed E-state index contributed by atoms with van der Waals surface area (Å²) in [7, 11) is 0. The summed E-state index contributed by atoms with van der Waals surface area (Å²) in [5.41, 5.74) is 3.55. The van der Waals surface area contributed by atoms with E-state index < -0.39 is 0 Å². The Morgan fingerprint density at radius 3 is 2.65 bits per heavy atom. The molecule has 0 saturated heterocycles. The predicted octanol–water partition coefficient (Wildman–Crippen LogP) is 3.00. The third-order valence-corrected chi connectivity index (χ3v) is 3.67. The lowest BCUT2D eigenvalue weighted by Crippen LogP contribution is -2.39. The van der Waals surface area contributed by atoms with Gasteiger partial charge in [-0.2, -0.15) is 0 Å². The summed E-state index contributed by atoms with van der Waals surface area (Å²) in [5.74, 6) is 0. The zero-order chi connectivity index (χ0) is 13.8. The molecule has 3 heteroatoms. The zero-order valence-electron chi connectivity index (χ0n) is 11.4. The Kier molecular flexibility index (Phi) is 3.68. The largest absolute Gasteiger partial charge is 0.337 e. The molecule has 1 aliphatic rings. The molecule has 0 unspecified atom stereocenters. The Balaban J connectivity index is 1.56. The Hall–Kier alpha value is -2.29. The fraction of sp³-hybridized carbons (Fsp3) is 0.235. The van der Waals surface area contributed by atoms with E-state index in [0.717, 1.165) is 25.1 Å². The molecule has 0 aliphatic carbocycles. The van der Waals surface area contributed by atoms with Crippen molar-refractivity contribution in [3.05, 3.63) is 65.7 Å². The summed E-state index contributed by atoms with van der Waals surface area (Å²) < 4.78 is 0. The van der Waals surface area contributed by atoms with Crippen molar-refractivity contribution in [2.24, 2.45) is 0 Å². The number of benzene rings is 2. The first-order chi connectivity index (χ1) is 9.84. The number of nitrogens with zero attached hydrogens (tertiary/aromatic N) is 1. The molecule has 1 N–H and O–H groups in total. The van der Waals surface area contributed by atoms with Gasteiger partial charge in [0.05, 0.1) is 0 Å². The number of urea groups is 1. The van der Waals surface area contributed by atoms with Gasteiger partial charge in [0.1, 0.15) is 0 Å². The maximum Gasteiger partial charge on any atom is 0.321 e. The summed E-state index contributed by atoms with van der Waals surface area (Å²) >= 11 is 0. The molecule has 0 saturated carbocycles. The Morgan fingerprint density at radius 2 is 1.80 bits per heavy atom. The minimum absolute atomic E-state index is 0.00545. The number of amides is 2. The van der Waals surface area contributed by atoms with E-state index in [1.165, 1.54) is 11.1 Å². The van der Waals surface area contributed by atoms with Gasteiger partial charge in [-0.25, -0.2) is 4.79 Å². The first-order valence-electron chi connectivity index (χ1n) is 7.02. The van der Waals surface area contributed by atoms with Gasteiger partial charge < -0.3 is 5.32 Å². The number of para-hydroxylation sites is 1. The van der Waals surface area contributed by atoms with Crippen LogP contribution in [0.2, 0.25) is 0 Å². The molecule has 0 bridgehead atoms. The molecule has 1 heterocycles. The van der Waals surface area contributed by atoms with Crippen LogP contribution in [0.15, 0.2) is 54.6 Å². The summed E-state index contributed by atoms with van der Waals surface area (Å²) in [6.45, 7) is 1.44. The van der Waals surface area contributed by atoms with Crippen LogP contribution < -0.4 is 10.2 Å². The smallest absolute Gasteiger partial charge is 0.321 e. The molecule has 2 aromatic rings. The van der Waals surface area contributed by atoms with Crippen LogP contribution in [-0.4, -0.2) is 19.1 Å². The first kappa shape index (κ1) is 12.7. The highest BCUT2D eigenvalue weighted by molar-refractivity contribution is 5.94. The Bertz CT molecular complexity index is 595. The first-order valence-corrected chi connectivity index (χ1v) is 7.02. The zero-order valence-corrected chi connectivity index (χ0v) is 11.4. The third-order valence-electron chi connectivity index (χ3n) is 3.67. The number of hydrogen-bond acceptors (Lipinski definition) is 1. The number of fused-ring (bicyclic) bond motifs is 1. The molecular weight excluding hydrogens is 248 g/mol. The van der Waals surface area contributed by atoms with Gasteiger partial charge in [0.2, 0.25) is 0 Å². The fourth-order valence-electron chi connectivity index (χ4n) is 2.60. The van der Waals surface area contributed by atoms with E-state index in [2.05, 4.69) is 23.5 Å². The van der Waals surface area contributed by atoms with Crippen molar-refractivity contribution < 1.29 is 4.79 Å². The van der Waals surface area contributed by atoms with Crippen molar-refractivity contribution in [1.29, 1.82) is 0 Å². The van der Waals surface area contributed by atoms with E-state index in [4.69, 9.17) is 0 Å². The van der Waals surface area contributed by atoms with Crippen molar-refractivity contribution in [2.75, 3.05) is 18.0 Å². The highest BCUT2D eigenvalue weighted by Crippen LogP contribution is 2.27. The molecule has 1 aliphatic heterocycles. The van der Waals surface area contributed by atoms with Crippen LogP contribution in [0.25, 0.3) is 0 Å². The van der Waals surface area contributed by atoms with Crippen LogP contribution in [0.4, 0.5) is 10.5 Å². The molecule has 3 rings (SSSR count). The molecule has 2 aromatic carbocycles. The van der Waals surface area contributed by atoms with Crippen LogP contribution in [-0.2, 0) is 12.8 Å². The van der Waals surface area contributed by atoms with Gasteiger partial charge in [-0.1, -0.05) is 48.5 Å². The number of nitrogens with one attached hydrogen (secondary N) is 1. The van der Waals surface area contributed by atoms with Crippen molar-refractivity contribution in [2.45, 2.75) is 12.8 Å². The number of anilines is 1. The van der Waals surface area contributed by atoms with Crippen LogP contribution in [0.1, 0.15) is 11.1 Å². The maximum absolute atomic E-state index is 12.2. The number of hydrogen-bond donors (Lipinski definition) is 1. The average molecular weight is 266 g/mol.